The van der Waals surface area contributed by atoms with Crippen LogP contribution in [0.2, 0.25) is 0 Å². The minimum Gasteiger partial charge on any atom is -0.481 e. The summed E-state index contributed by atoms with van der Waals surface area (Å²) in [6.45, 7) is 0.832. The number of benzene rings is 1. The fraction of sp³-hybridized carbons (Fsp3) is 0.476. The van der Waals surface area contributed by atoms with Crippen LogP contribution in [0.5, 0.6) is 5.75 Å². The number of nitrogens with zero attached hydrogens (tertiary/aromatic N) is 1. The first kappa shape index (κ1) is 20.9. The van der Waals surface area contributed by atoms with Crippen molar-refractivity contribution in [2.75, 3.05) is 20.6 Å². The molecule has 156 valence electrons. The Morgan fingerprint density at radius 1 is 1.07 bits per heavy atom. The molecule has 1 heterocycles. The zero-order valence-corrected chi connectivity index (χ0v) is 16.6. The summed E-state index contributed by atoms with van der Waals surface area (Å²) in [6, 6.07) is 5.38. The van der Waals surface area contributed by atoms with E-state index in [0.29, 0.717) is 5.75 Å². The highest BCUT2D eigenvalue weighted by atomic mass is 16.5. The van der Waals surface area contributed by atoms with Gasteiger partial charge in [0.25, 0.3) is 0 Å². The van der Waals surface area contributed by atoms with E-state index in [0.717, 1.165) is 29.4 Å². The second-order valence-corrected chi connectivity index (χ2v) is 7.94. The van der Waals surface area contributed by atoms with Crippen molar-refractivity contribution in [2.24, 2.45) is 17.8 Å². The van der Waals surface area contributed by atoms with E-state index in [1.165, 1.54) is 0 Å². The Hall–Kier alpha value is -2.87. The number of carboxylic acid groups (broad SMARTS) is 2. The van der Waals surface area contributed by atoms with Gasteiger partial charge in [0, 0.05) is 23.6 Å². The largest absolute Gasteiger partial charge is 0.481 e. The molecule has 0 radical (unpaired) electrons. The fourth-order valence-electron chi connectivity index (χ4n) is 3.95. The number of rotatable bonds is 7. The average Bonchev–Trinajstić information content (AvgIpc) is 3.10. The third kappa shape index (κ3) is 4.76. The van der Waals surface area contributed by atoms with Crippen LogP contribution in [0.3, 0.4) is 0 Å². The Morgan fingerprint density at radius 3 is 2.28 bits per heavy atom. The number of aromatic nitrogens is 1. The number of hydrogen-bond acceptors (Lipinski definition) is 5. The van der Waals surface area contributed by atoms with Crippen LogP contribution < -0.4 is 4.74 Å². The molecule has 0 amide bonds. The summed E-state index contributed by atoms with van der Waals surface area (Å²) in [5.74, 6) is -4.80. The van der Waals surface area contributed by atoms with E-state index in [-0.39, 0.29) is 19.3 Å². The summed E-state index contributed by atoms with van der Waals surface area (Å²) < 4.78 is 5.67. The monoisotopic (exact) mass is 402 g/mol. The van der Waals surface area contributed by atoms with E-state index >= 15 is 0 Å². The number of ether oxygens (including phenoxy) is 1. The molecule has 0 bridgehead atoms. The Morgan fingerprint density at radius 2 is 1.69 bits per heavy atom. The molecule has 2 aromatic rings. The quantitative estimate of drug-likeness (QED) is 0.480. The lowest BCUT2D eigenvalue weighted by Gasteiger charge is -2.29. The van der Waals surface area contributed by atoms with Crippen molar-refractivity contribution < 1.29 is 29.3 Å². The number of H-pyrrole nitrogens is 1. The number of carbonyl (C=O) groups excluding carboxylic acids is 1. The van der Waals surface area contributed by atoms with Crippen molar-refractivity contribution in [2.45, 2.75) is 25.7 Å². The van der Waals surface area contributed by atoms with Crippen LogP contribution in [0, 0.1) is 17.8 Å². The standard InChI is InChI=1S/C21H26N2O6/c1-23(2)7-6-12-11-22-16-4-3-5-17(18(12)16)29-21(28)15-9-13(19(24)25)8-14(10-15)20(26)27/h3-5,11,13-15,22H,6-10H2,1-2H3,(H,24,25)(H,26,27). The lowest BCUT2D eigenvalue weighted by atomic mass is 9.75. The van der Waals surface area contributed by atoms with E-state index in [1.807, 2.05) is 26.4 Å². The molecule has 0 saturated heterocycles. The molecular weight excluding hydrogens is 376 g/mol. The normalized spacial score (nSPS) is 22.0. The molecule has 0 aliphatic heterocycles. The van der Waals surface area contributed by atoms with E-state index in [1.54, 1.807) is 12.1 Å². The van der Waals surface area contributed by atoms with Crippen molar-refractivity contribution in [1.82, 2.24) is 9.88 Å². The fourth-order valence-corrected chi connectivity index (χ4v) is 3.95. The molecular formula is C21H26N2O6. The van der Waals surface area contributed by atoms with E-state index in [2.05, 4.69) is 9.88 Å². The second-order valence-electron chi connectivity index (χ2n) is 7.94. The highest BCUT2D eigenvalue weighted by Crippen LogP contribution is 2.36. The number of carboxylic acids is 2. The zero-order chi connectivity index (χ0) is 21.1. The number of esters is 1. The molecule has 1 aliphatic carbocycles. The highest BCUT2D eigenvalue weighted by Gasteiger charge is 2.40. The van der Waals surface area contributed by atoms with Crippen LogP contribution in [0.25, 0.3) is 10.9 Å². The molecule has 3 N–H and O–H groups in total. The third-order valence-corrected chi connectivity index (χ3v) is 5.53. The summed E-state index contributed by atoms with van der Waals surface area (Å²) in [5, 5.41) is 19.5. The summed E-state index contributed by atoms with van der Waals surface area (Å²) in [7, 11) is 3.97. The smallest absolute Gasteiger partial charge is 0.314 e. The van der Waals surface area contributed by atoms with Crippen molar-refractivity contribution >= 4 is 28.8 Å². The maximum Gasteiger partial charge on any atom is 0.314 e. The number of fused-ring (bicyclic) bond motifs is 1. The molecule has 8 heteroatoms. The van der Waals surface area contributed by atoms with E-state index in [9.17, 15) is 24.6 Å². The Bertz CT molecular complexity index is 897. The summed E-state index contributed by atoms with van der Waals surface area (Å²) >= 11 is 0. The lowest BCUT2D eigenvalue weighted by Crippen LogP contribution is -2.36. The Kier molecular flexibility index (Phi) is 6.22. The SMILES string of the molecule is CN(C)CCc1c[nH]c2cccc(OC(=O)C3CC(C(=O)O)CC(C(=O)O)C3)c12. The van der Waals surface area contributed by atoms with Gasteiger partial charge < -0.3 is 24.8 Å². The van der Waals surface area contributed by atoms with Crippen LogP contribution in [-0.4, -0.2) is 58.6 Å². The van der Waals surface area contributed by atoms with Crippen LogP contribution in [0.1, 0.15) is 24.8 Å². The third-order valence-electron chi connectivity index (χ3n) is 5.53. The molecule has 1 aromatic carbocycles. The molecule has 2 unspecified atom stereocenters. The molecule has 29 heavy (non-hydrogen) atoms. The van der Waals surface area contributed by atoms with Gasteiger partial charge in [-0.2, -0.15) is 0 Å². The van der Waals surface area contributed by atoms with Crippen molar-refractivity contribution in [1.29, 1.82) is 0 Å². The van der Waals surface area contributed by atoms with Crippen LogP contribution in [-0.2, 0) is 20.8 Å². The first-order valence-corrected chi connectivity index (χ1v) is 9.67. The van der Waals surface area contributed by atoms with Gasteiger partial charge in [0.05, 0.1) is 17.8 Å². The first-order chi connectivity index (χ1) is 13.8. The molecule has 1 fully saturated rings. The number of aliphatic carboxylic acids is 2. The molecule has 1 aliphatic rings. The predicted octanol–water partition coefficient (Wildman–Crippen LogP) is 2.38. The first-order valence-electron chi connectivity index (χ1n) is 9.67. The van der Waals surface area contributed by atoms with Crippen molar-refractivity contribution in [3.63, 3.8) is 0 Å². The van der Waals surface area contributed by atoms with Gasteiger partial charge in [-0.1, -0.05) is 6.07 Å². The minimum atomic E-state index is -1.08. The van der Waals surface area contributed by atoms with Crippen molar-refractivity contribution in [3.8, 4) is 5.75 Å². The summed E-state index contributed by atoms with van der Waals surface area (Å²) in [6.07, 6.45) is 2.89. The molecule has 1 aromatic heterocycles. The van der Waals surface area contributed by atoms with Crippen molar-refractivity contribution in [3.05, 3.63) is 30.0 Å². The van der Waals surface area contributed by atoms with Crippen LogP contribution in [0.4, 0.5) is 0 Å². The van der Waals surface area contributed by atoms with Gasteiger partial charge in [0.15, 0.2) is 0 Å². The van der Waals surface area contributed by atoms with E-state index < -0.39 is 35.7 Å². The molecule has 0 spiro atoms. The Labute approximate surface area is 168 Å². The van der Waals surface area contributed by atoms with Gasteiger partial charge >= 0.3 is 17.9 Å². The lowest BCUT2D eigenvalue weighted by molar-refractivity contribution is -0.152. The zero-order valence-electron chi connectivity index (χ0n) is 16.6. The number of likely N-dealkylation sites (N-methyl/N-ethyl adjacent to an activating group) is 1. The van der Waals surface area contributed by atoms with Gasteiger partial charge in [-0.05, 0) is 57.5 Å². The van der Waals surface area contributed by atoms with Crippen LogP contribution >= 0.6 is 0 Å². The topological polar surface area (TPSA) is 120 Å². The maximum absolute atomic E-state index is 12.8. The minimum absolute atomic E-state index is 0.0382. The van der Waals surface area contributed by atoms with Crippen LogP contribution in [0.15, 0.2) is 24.4 Å². The number of carbonyl (C=O) groups is 3. The maximum atomic E-state index is 12.8. The number of nitrogens with one attached hydrogen (secondary N) is 1. The molecule has 8 nitrogen and oxygen atoms in total. The van der Waals surface area contributed by atoms with Gasteiger partial charge in [-0.3, -0.25) is 14.4 Å². The molecule has 1 saturated carbocycles. The van der Waals surface area contributed by atoms with Gasteiger partial charge in [-0.15, -0.1) is 0 Å². The summed E-state index contributed by atoms with van der Waals surface area (Å²) in [5.41, 5.74) is 1.87. The Balaban J connectivity index is 1.82. The number of hydrogen-bond donors (Lipinski definition) is 3. The molecule has 3 rings (SSSR count). The van der Waals surface area contributed by atoms with E-state index in [4.69, 9.17) is 4.74 Å². The molecule has 2 atom stereocenters. The summed E-state index contributed by atoms with van der Waals surface area (Å²) in [4.78, 5) is 40.9. The van der Waals surface area contributed by atoms with Gasteiger partial charge in [0.2, 0.25) is 0 Å². The van der Waals surface area contributed by atoms with Gasteiger partial charge in [0.1, 0.15) is 5.75 Å². The van der Waals surface area contributed by atoms with Gasteiger partial charge in [-0.25, -0.2) is 0 Å². The average molecular weight is 402 g/mol. The highest BCUT2D eigenvalue weighted by molar-refractivity contribution is 5.92. The predicted molar refractivity (Wildman–Crippen MR) is 106 cm³/mol. The second kappa shape index (κ2) is 8.65. The number of aromatic amines is 1.